The second-order valence-electron chi connectivity index (χ2n) is 6.76. The minimum atomic E-state index is 0.734. The molecule has 1 saturated heterocycles. The topological polar surface area (TPSA) is 36.7 Å². The van der Waals surface area contributed by atoms with Gasteiger partial charge in [0.2, 0.25) is 0 Å². The van der Waals surface area contributed by atoms with Crippen molar-refractivity contribution in [3.63, 3.8) is 0 Å². The smallest absolute Gasteiger partial charge is 0.161 e. The summed E-state index contributed by atoms with van der Waals surface area (Å²) in [5.74, 6) is 1.12. The van der Waals surface area contributed by atoms with Gasteiger partial charge in [-0.3, -0.25) is 0 Å². The molecular formula is C19H22ClN5. The molecule has 0 unspecified atom stereocenters. The van der Waals surface area contributed by atoms with Crippen LogP contribution in [0.3, 0.4) is 0 Å². The number of benzene rings is 1. The number of likely N-dealkylation sites (N-methyl/N-ethyl adjacent to an activating group) is 1. The monoisotopic (exact) mass is 355 g/mol. The fraction of sp³-hybridized carbons (Fsp3) is 0.368. The highest BCUT2D eigenvalue weighted by molar-refractivity contribution is 6.30. The molecule has 6 heteroatoms. The molecule has 1 aliphatic rings. The molecule has 0 amide bonds. The van der Waals surface area contributed by atoms with E-state index in [1.807, 2.05) is 35.7 Å². The lowest BCUT2D eigenvalue weighted by Crippen LogP contribution is -2.45. The second kappa shape index (κ2) is 6.32. The van der Waals surface area contributed by atoms with Crippen molar-refractivity contribution in [2.24, 2.45) is 0 Å². The van der Waals surface area contributed by atoms with E-state index in [-0.39, 0.29) is 0 Å². The molecule has 4 rings (SSSR count). The molecule has 1 fully saturated rings. The molecule has 0 spiro atoms. The van der Waals surface area contributed by atoms with Crippen LogP contribution >= 0.6 is 11.6 Å². The quantitative estimate of drug-likeness (QED) is 0.705. The first-order chi connectivity index (χ1) is 12.0. The van der Waals surface area contributed by atoms with Crippen molar-refractivity contribution in [3.8, 4) is 11.3 Å². The molecule has 0 aliphatic carbocycles. The molecule has 0 N–H and O–H groups in total. The van der Waals surface area contributed by atoms with Gasteiger partial charge in [0.05, 0.1) is 5.69 Å². The Morgan fingerprint density at radius 1 is 1.00 bits per heavy atom. The minimum absolute atomic E-state index is 0.734. The molecule has 3 heterocycles. The molecule has 1 aromatic carbocycles. The number of rotatable bonds is 2. The minimum Gasteiger partial charge on any atom is -0.354 e. The molecular weight excluding hydrogens is 334 g/mol. The Bertz CT molecular complexity index is 908. The Morgan fingerprint density at radius 2 is 1.68 bits per heavy atom. The van der Waals surface area contributed by atoms with Gasteiger partial charge < -0.3 is 9.80 Å². The van der Waals surface area contributed by atoms with Gasteiger partial charge in [0.15, 0.2) is 5.65 Å². The predicted octanol–water partition coefficient (Wildman–Crippen LogP) is 3.42. The van der Waals surface area contributed by atoms with Crippen molar-refractivity contribution >= 4 is 23.1 Å². The Balaban J connectivity index is 1.84. The van der Waals surface area contributed by atoms with Crippen LogP contribution in [-0.4, -0.2) is 52.7 Å². The van der Waals surface area contributed by atoms with Crippen molar-refractivity contribution < 1.29 is 0 Å². The number of halogens is 1. The Kier molecular flexibility index (Phi) is 4.13. The summed E-state index contributed by atoms with van der Waals surface area (Å²) in [6, 6.07) is 9.97. The lowest BCUT2D eigenvalue weighted by atomic mass is 10.1. The van der Waals surface area contributed by atoms with E-state index in [2.05, 4.69) is 29.8 Å². The van der Waals surface area contributed by atoms with E-state index < -0.39 is 0 Å². The summed E-state index contributed by atoms with van der Waals surface area (Å²) >= 11 is 6.03. The molecule has 0 saturated carbocycles. The van der Waals surface area contributed by atoms with Crippen LogP contribution in [0.4, 0.5) is 5.82 Å². The van der Waals surface area contributed by atoms with Crippen LogP contribution in [-0.2, 0) is 0 Å². The number of fused-ring (bicyclic) bond motifs is 1. The van der Waals surface area contributed by atoms with Crippen molar-refractivity contribution in [2.45, 2.75) is 13.8 Å². The SMILES string of the molecule is Cc1cc(N2CCN(C)CC2)n2nc(-c3ccc(Cl)cc3)c(C)c2n1. The van der Waals surface area contributed by atoms with E-state index in [0.29, 0.717) is 0 Å². The lowest BCUT2D eigenvalue weighted by molar-refractivity contribution is 0.311. The molecule has 130 valence electrons. The molecule has 0 atom stereocenters. The summed E-state index contributed by atoms with van der Waals surface area (Å²) in [6.45, 7) is 8.27. The van der Waals surface area contributed by atoms with Crippen LogP contribution in [0.5, 0.6) is 0 Å². The number of hydrogen-bond acceptors (Lipinski definition) is 4. The van der Waals surface area contributed by atoms with Crippen molar-refractivity contribution in [1.82, 2.24) is 19.5 Å². The first-order valence-corrected chi connectivity index (χ1v) is 8.97. The Hall–Kier alpha value is -2.11. The maximum absolute atomic E-state index is 6.03. The number of hydrogen-bond donors (Lipinski definition) is 0. The fourth-order valence-electron chi connectivity index (χ4n) is 3.37. The third kappa shape index (κ3) is 2.98. The highest BCUT2D eigenvalue weighted by Crippen LogP contribution is 2.29. The first kappa shape index (κ1) is 16.4. The largest absolute Gasteiger partial charge is 0.354 e. The molecule has 5 nitrogen and oxygen atoms in total. The molecule has 0 bridgehead atoms. The summed E-state index contributed by atoms with van der Waals surface area (Å²) in [5.41, 5.74) is 5.08. The van der Waals surface area contributed by atoms with Gasteiger partial charge in [-0.25, -0.2) is 4.98 Å². The average molecular weight is 356 g/mol. The van der Waals surface area contributed by atoms with Crippen LogP contribution in [0.15, 0.2) is 30.3 Å². The molecule has 25 heavy (non-hydrogen) atoms. The van der Waals surface area contributed by atoms with Crippen LogP contribution < -0.4 is 4.90 Å². The third-order valence-electron chi connectivity index (χ3n) is 4.87. The first-order valence-electron chi connectivity index (χ1n) is 8.59. The fourth-order valence-corrected chi connectivity index (χ4v) is 3.49. The van der Waals surface area contributed by atoms with Gasteiger partial charge in [-0.05, 0) is 33.0 Å². The standard InChI is InChI=1S/C19H22ClN5/c1-13-12-17(24-10-8-23(3)9-11-24)25-19(21-13)14(2)18(22-25)15-4-6-16(20)7-5-15/h4-7,12H,8-11H2,1-3H3. The number of aromatic nitrogens is 3. The summed E-state index contributed by atoms with van der Waals surface area (Å²) in [7, 11) is 2.17. The van der Waals surface area contributed by atoms with Crippen LogP contribution in [0, 0.1) is 13.8 Å². The molecule has 1 aliphatic heterocycles. The van der Waals surface area contributed by atoms with Gasteiger partial charge in [0.25, 0.3) is 0 Å². The molecule has 2 aromatic heterocycles. The number of aryl methyl sites for hydroxylation is 2. The van der Waals surface area contributed by atoms with Crippen molar-refractivity contribution in [3.05, 3.63) is 46.6 Å². The zero-order valence-electron chi connectivity index (χ0n) is 14.8. The van der Waals surface area contributed by atoms with Gasteiger partial charge in [-0.15, -0.1) is 0 Å². The van der Waals surface area contributed by atoms with E-state index in [1.54, 1.807) is 0 Å². The van der Waals surface area contributed by atoms with Crippen LogP contribution in [0.25, 0.3) is 16.9 Å². The maximum Gasteiger partial charge on any atom is 0.161 e. The van der Waals surface area contributed by atoms with Crippen LogP contribution in [0.2, 0.25) is 5.02 Å². The zero-order chi connectivity index (χ0) is 17.6. The predicted molar refractivity (Wildman–Crippen MR) is 103 cm³/mol. The van der Waals surface area contributed by atoms with E-state index in [1.165, 1.54) is 0 Å². The summed E-state index contributed by atoms with van der Waals surface area (Å²) in [5, 5.41) is 5.64. The zero-order valence-corrected chi connectivity index (χ0v) is 15.6. The van der Waals surface area contributed by atoms with Gasteiger partial charge in [0.1, 0.15) is 5.82 Å². The molecule has 3 aromatic rings. The second-order valence-corrected chi connectivity index (χ2v) is 7.20. The van der Waals surface area contributed by atoms with Gasteiger partial charge in [-0.1, -0.05) is 23.7 Å². The van der Waals surface area contributed by atoms with Gasteiger partial charge in [0, 0.05) is 54.1 Å². The van der Waals surface area contributed by atoms with E-state index in [0.717, 1.165) is 65.2 Å². The molecule has 0 radical (unpaired) electrons. The summed E-state index contributed by atoms with van der Waals surface area (Å²) < 4.78 is 2.00. The number of anilines is 1. The van der Waals surface area contributed by atoms with Gasteiger partial charge >= 0.3 is 0 Å². The highest BCUT2D eigenvalue weighted by Gasteiger charge is 2.21. The summed E-state index contributed by atoms with van der Waals surface area (Å²) in [4.78, 5) is 9.51. The van der Waals surface area contributed by atoms with Crippen LogP contribution in [0.1, 0.15) is 11.3 Å². The Labute approximate surface area is 152 Å². The normalized spacial score (nSPS) is 15.9. The Morgan fingerprint density at radius 3 is 2.36 bits per heavy atom. The average Bonchev–Trinajstić information content (AvgIpc) is 2.93. The maximum atomic E-state index is 6.03. The number of piperazine rings is 1. The lowest BCUT2D eigenvalue weighted by Gasteiger charge is -2.34. The van der Waals surface area contributed by atoms with Gasteiger partial charge in [-0.2, -0.15) is 9.61 Å². The van der Waals surface area contributed by atoms with Crippen molar-refractivity contribution in [2.75, 3.05) is 38.1 Å². The third-order valence-corrected chi connectivity index (χ3v) is 5.13. The van der Waals surface area contributed by atoms with E-state index >= 15 is 0 Å². The summed E-state index contributed by atoms with van der Waals surface area (Å²) in [6.07, 6.45) is 0. The van der Waals surface area contributed by atoms with Crippen molar-refractivity contribution in [1.29, 1.82) is 0 Å². The van der Waals surface area contributed by atoms with E-state index in [4.69, 9.17) is 21.7 Å². The number of nitrogens with zero attached hydrogens (tertiary/aromatic N) is 5. The highest BCUT2D eigenvalue weighted by atomic mass is 35.5. The van der Waals surface area contributed by atoms with E-state index in [9.17, 15) is 0 Å².